The summed E-state index contributed by atoms with van der Waals surface area (Å²) >= 11 is 0. The van der Waals surface area contributed by atoms with Gasteiger partial charge < -0.3 is 9.47 Å². The molecule has 2 aromatic carbocycles. The number of ether oxygens (including phenoxy) is 2. The second kappa shape index (κ2) is 6.41. The summed E-state index contributed by atoms with van der Waals surface area (Å²) in [4.78, 5) is 0.107. The summed E-state index contributed by atoms with van der Waals surface area (Å²) < 4.78 is 46.5. The molecule has 1 aliphatic rings. The van der Waals surface area contributed by atoms with Crippen LogP contribution in [0.4, 0.5) is 4.39 Å². The molecule has 0 bridgehead atoms. The van der Waals surface area contributed by atoms with Gasteiger partial charge in [0.15, 0.2) is 11.5 Å². The average Bonchev–Trinajstić information content (AvgIpc) is 3.32. The molecule has 0 aromatic heterocycles. The van der Waals surface area contributed by atoms with Gasteiger partial charge in [-0.3, -0.25) is 0 Å². The zero-order chi connectivity index (χ0) is 17.3. The van der Waals surface area contributed by atoms with Crippen molar-refractivity contribution in [2.45, 2.75) is 17.2 Å². The summed E-state index contributed by atoms with van der Waals surface area (Å²) in [6.07, 6.45) is 0.957. The summed E-state index contributed by atoms with van der Waals surface area (Å²) in [5.74, 6) is 1.16. The first kappa shape index (κ1) is 16.7. The number of hydrogen-bond donors (Lipinski definition) is 1. The third-order valence-electron chi connectivity index (χ3n) is 4.14. The van der Waals surface area contributed by atoms with Crippen LogP contribution in [0.15, 0.2) is 47.4 Å². The summed E-state index contributed by atoms with van der Waals surface area (Å²) in [5.41, 5.74) is 1.06. The van der Waals surface area contributed by atoms with E-state index in [1.54, 1.807) is 18.2 Å². The van der Waals surface area contributed by atoms with Crippen LogP contribution >= 0.6 is 0 Å². The lowest BCUT2D eigenvalue weighted by molar-refractivity contribution is 0.277. The van der Waals surface area contributed by atoms with Gasteiger partial charge in [0.25, 0.3) is 0 Å². The Hall–Kier alpha value is -2.12. The number of benzene rings is 2. The van der Waals surface area contributed by atoms with Gasteiger partial charge in [-0.1, -0.05) is 12.1 Å². The van der Waals surface area contributed by atoms with Crippen molar-refractivity contribution in [3.63, 3.8) is 0 Å². The minimum absolute atomic E-state index is 0.107. The Morgan fingerprint density at radius 3 is 2.50 bits per heavy atom. The van der Waals surface area contributed by atoms with E-state index >= 15 is 0 Å². The van der Waals surface area contributed by atoms with Crippen LogP contribution in [-0.4, -0.2) is 22.1 Å². The lowest BCUT2D eigenvalue weighted by atomic mass is 10.1. The molecule has 1 saturated carbocycles. The van der Waals surface area contributed by atoms with Crippen molar-refractivity contribution in [3.05, 3.63) is 53.8 Å². The van der Waals surface area contributed by atoms with Crippen LogP contribution in [0.3, 0.4) is 0 Å². The average molecular weight is 351 g/mol. The number of nitrogens with two attached hydrogens (primary N) is 1. The van der Waals surface area contributed by atoms with Gasteiger partial charge in [0.1, 0.15) is 5.82 Å². The largest absolute Gasteiger partial charge is 0.493 e. The fourth-order valence-corrected chi connectivity index (χ4v) is 3.22. The molecule has 3 rings (SSSR count). The van der Waals surface area contributed by atoms with Crippen LogP contribution in [0.2, 0.25) is 0 Å². The van der Waals surface area contributed by atoms with Gasteiger partial charge in [-0.15, -0.1) is 0 Å². The van der Waals surface area contributed by atoms with Gasteiger partial charge in [-0.05, 0) is 42.2 Å². The SMILES string of the molecule is COc1cc(F)ccc1OC[C@H]1C[C@@H]1c1ccc(S(N)(=O)=O)cc1. The van der Waals surface area contributed by atoms with E-state index in [1.807, 2.05) is 0 Å². The van der Waals surface area contributed by atoms with Crippen LogP contribution in [0.1, 0.15) is 17.9 Å². The lowest BCUT2D eigenvalue weighted by Gasteiger charge is -2.10. The molecule has 1 fully saturated rings. The van der Waals surface area contributed by atoms with E-state index < -0.39 is 10.0 Å². The summed E-state index contributed by atoms with van der Waals surface area (Å²) in [5, 5.41) is 5.09. The van der Waals surface area contributed by atoms with Crippen molar-refractivity contribution in [3.8, 4) is 11.5 Å². The molecule has 128 valence electrons. The quantitative estimate of drug-likeness (QED) is 0.868. The predicted molar refractivity (Wildman–Crippen MR) is 87.1 cm³/mol. The van der Waals surface area contributed by atoms with Crippen LogP contribution in [0.5, 0.6) is 11.5 Å². The van der Waals surface area contributed by atoms with Gasteiger partial charge in [-0.25, -0.2) is 17.9 Å². The van der Waals surface area contributed by atoms with Crippen LogP contribution in [0.25, 0.3) is 0 Å². The molecular formula is C17H18FNO4S. The van der Waals surface area contributed by atoms with E-state index in [0.717, 1.165) is 12.0 Å². The van der Waals surface area contributed by atoms with Gasteiger partial charge in [0.05, 0.1) is 18.6 Å². The number of halogens is 1. The van der Waals surface area contributed by atoms with Gasteiger partial charge in [0.2, 0.25) is 10.0 Å². The lowest BCUT2D eigenvalue weighted by Crippen LogP contribution is -2.11. The second-order valence-corrected chi connectivity index (χ2v) is 7.38. The first-order valence-corrected chi connectivity index (χ1v) is 9.02. The minimum atomic E-state index is -3.67. The maximum absolute atomic E-state index is 13.2. The molecule has 0 aliphatic heterocycles. The number of rotatable bonds is 6. The third-order valence-corrected chi connectivity index (χ3v) is 5.07. The molecule has 0 unspecified atom stereocenters. The Kier molecular flexibility index (Phi) is 4.47. The van der Waals surface area contributed by atoms with E-state index in [2.05, 4.69) is 0 Å². The Morgan fingerprint density at radius 2 is 1.88 bits per heavy atom. The zero-order valence-corrected chi connectivity index (χ0v) is 13.9. The fraction of sp³-hybridized carbons (Fsp3) is 0.294. The highest BCUT2D eigenvalue weighted by atomic mass is 32.2. The van der Waals surface area contributed by atoms with Gasteiger partial charge in [-0.2, -0.15) is 0 Å². The number of methoxy groups -OCH3 is 1. The minimum Gasteiger partial charge on any atom is -0.493 e. The summed E-state index contributed by atoms with van der Waals surface area (Å²) in [6.45, 7) is 0.490. The number of hydrogen-bond acceptors (Lipinski definition) is 4. The summed E-state index contributed by atoms with van der Waals surface area (Å²) in [7, 11) is -2.20. The van der Waals surface area contributed by atoms with Gasteiger partial charge >= 0.3 is 0 Å². The molecule has 2 aromatic rings. The van der Waals surface area contributed by atoms with Crippen molar-refractivity contribution in [1.29, 1.82) is 0 Å². The van der Waals surface area contributed by atoms with Crippen molar-refractivity contribution in [2.24, 2.45) is 11.1 Å². The Morgan fingerprint density at radius 1 is 1.17 bits per heavy atom. The first-order valence-electron chi connectivity index (χ1n) is 7.47. The van der Waals surface area contributed by atoms with E-state index in [-0.39, 0.29) is 10.7 Å². The molecule has 0 heterocycles. The second-order valence-electron chi connectivity index (χ2n) is 5.82. The standard InChI is InChI=1S/C17H18FNO4S/c1-22-17-9-13(18)4-7-16(17)23-10-12-8-15(12)11-2-5-14(6-3-11)24(19,20)21/h2-7,9,12,15H,8,10H2,1H3,(H2,19,20,21)/t12-,15-/m1/s1. The molecule has 0 amide bonds. The molecular weight excluding hydrogens is 333 g/mol. The van der Waals surface area contributed by atoms with Crippen molar-refractivity contribution in [2.75, 3.05) is 13.7 Å². The Bertz CT molecular complexity index is 836. The molecule has 0 radical (unpaired) electrons. The number of primary sulfonamides is 1. The normalized spacial score (nSPS) is 19.8. The third kappa shape index (κ3) is 3.68. The molecule has 0 saturated heterocycles. The van der Waals surface area contributed by atoms with E-state index in [4.69, 9.17) is 14.6 Å². The highest BCUT2D eigenvalue weighted by molar-refractivity contribution is 7.89. The molecule has 2 N–H and O–H groups in total. The molecule has 7 heteroatoms. The highest BCUT2D eigenvalue weighted by Crippen LogP contribution is 2.48. The summed E-state index contributed by atoms with van der Waals surface area (Å²) in [6, 6.07) is 10.8. The van der Waals surface area contributed by atoms with Gasteiger partial charge in [0, 0.05) is 12.0 Å². The predicted octanol–water partition coefficient (Wildman–Crippen LogP) is 2.66. The molecule has 1 aliphatic carbocycles. The maximum atomic E-state index is 13.2. The molecule has 5 nitrogen and oxygen atoms in total. The van der Waals surface area contributed by atoms with E-state index in [0.29, 0.717) is 29.9 Å². The van der Waals surface area contributed by atoms with Crippen LogP contribution < -0.4 is 14.6 Å². The molecule has 24 heavy (non-hydrogen) atoms. The van der Waals surface area contributed by atoms with Crippen molar-refractivity contribution >= 4 is 10.0 Å². The van der Waals surface area contributed by atoms with Crippen molar-refractivity contribution in [1.82, 2.24) is 0 Å². The van der Waals surface area contributed by atoms with Crippen LogP contribution in [-0.2, 0) is 10.0 Å². The number of sulfonamides is 1. The Balaban J connectivity index is 1.60. The zero-order valence-electron chi connectivity index (χ0n) is 13.1. The van der Waals surface area contributed by atoms with Crippen LogP contribution in [0, 0.1) is 11.7 Å². The molecule has 0 spiro atoms. The monoisotopic (exact) mass is 351 g/mol. The smallest absolute Gasteiger partial charge is 0.238 e. The fourth-order valence-electron chi connectivity index (χ4n) is 2.70. The van der Waals surface area contributed by atoms with Crippen molar-refractivity contribution < 1.29 is 22.3 Å². The Labute approximate surface area is 140 Å². The first-order chi connectivity index (χ1) is 11.4. The topological polar surface area (TPSA) is 78.6 Å². The van der Waals surface area contributed by atoms with E-state index in [9.17, 15) is 12.8 Å². The maximum Gasteiger partial charge on any atom is 0.238 e. The highest BCUT2D eigenvalue weighted by Gasteiger charge is 2.39. The molecule has 2 atom stereocenters. The van der Waals surface area contributed by atoms with E-state index in [1.165, 1.54) is 31.4 Å².